The lowest BCUT2D eigenvalue weighted by molar-refractivity contribution is 0.343. The van der Waals surface area contributed by atoms with Gasteiger partial charge in [-0.05, 0) is 25.0 Å². The summed E-state index contributed by atoms with van der Waals surface area (Å²) in [5, 5.41) is 10.6. The van der Waals surface area contributed by atoms with E-state index in [1.807, 2.05) is 0 Å². The van der Waals surface area contributed by atoms with Crippen LogP contribution in [0.1, 0.15) is 38.1 Å². The molecule has 0 amide bonds. The van der Waals surface area contributed by atoms with Gasteiger partial charge >= 0.3 is 0 Å². The van der Waals surface area contributed by atoms with Crippen LogP contribution >= 0.6 is 23.2 Å². The van der Waals surface area contributed by atoms with Gasteiger partial charge in [0.2, 0.25) is 5.88 Å². The van der Waals surface area contributed by atoms with Crippen LogP contribution in [0, 0.1) is 0 Å². The highest BCUT2D eigenvalue weighted by molar-refractivity contribution is 6.39. The molecule has 116 valence electrons. The molecule has 0 radical (unpaired) electrons. The lowest BCUT2D eigenvalue weighted by atomic mass is 9.95. The highest BCUT2D eigenvalue weighted by atomic mass is 35.5. The third-order valence-corrected chi connectivity index (χ3v) is 4.69. The summed E-state index contributed by atoms with van der Waals surface area (Å²) < 4.78 is 1.63. The van der Waals surface area contributed by atoms with E-state index in [1.54, 1.807) is 22.8 Å². The van der Waals surface area contributed by atoms with Crippen molar-refractivity contribution in [2.45, 2.75) is 38.1 Å². The number of halogens is 2. The monoisotopic (exact) mass is 338 g/mol. The van der Waals surface area contributed by atoms with Gasteiger partial charge in [-0.1, -0.05) is 48.5 Å². The van der Waals surface area contributed by atoms with Crippen molar-refractivity contribution in [3.05, 3.63) is 44.7 Å². The molecule has 0 atom stereocenters. The summed E-state index contributed by atoms with van der Waals surface area (Å²) in [6, 6.07) is 6.34. The third kappa shape index (κ3) is 2.85. The summed E-state index contributed by atoms with van der Waals surface area (Å²) in [5.74, 6) is 0.0237. The van der Waals surface area contributed by atoms with Crippen LogP contribution in [-0.4, -0.2) is 14.7 Å². The molecule has 1 aliphatic carbocycles. The summed E-state index contributed by atoms with van der Waals surface area (Å²) in [5.41, 5.74) is 0.217. The van der Waals surface area contributed by atoms with Gasteiger partial charge in [0.1, 0.15) is 5.82 Å². The van der Waals surface area contributed by atoms with E-state index >= 15 is 0 Å². The zero-order valence-electron chi connectivity index (χ0n) is 11.9. The zero-order valence-corrected chi connectivity index (χ0v) is 13.4. The van der Waals surface area contributed by atoms with E-state index in [-0.39, 0.29) is 17.5 Å². The first kappa shape index (κ1) is 15.4. The van der Waals surface area contributed by atoms with Crippen LogP contribution in [0.5, 0.6) is 5.88 Å². The molecule has 1 aromatic carbocycles. The van der Waals surface area contributed by atoms with Crippen molar-refractivity contribution in [1.82, 2.24) is 9.55 Å². The summed E-state index contributed by atoms with van der Waals surface area (Å²) in [6.07, 6.45) is 5.17. The van der Waals surface area contributed by atoms with Crippen molar-refractivity contribution in [2.24, 2.45) is 0 Å². The van der Waals surface area contributed by atoms with E-state index in [0.29, 0.717) is 21.4 Å². The van der Waals surface area contributed by atoms with Crippen LogP contribution in [-0.2, 0) is 0 Å². The van der Waals surface area contributed by atoms with Crippen LogP contribution in [0.3, 0.4) is 0 Å². The molecule has 0 unspecified atom stereocenters. The number of hydrogen-bond donors (Lipinski definition) is 1. The molecule has 1 fully saturated rings. The second kappa shape index (κ2) is 6.31. The lowest BCUT2D eigenvalue weighted by Gasteiger charge is -2.26. The van der Waals surface area contributed by atoms with Crippen molar-refractivity contribution in [3.63, 3.8) is 0 Å². The predicted molar refractivity (Wildman–Crippen MR) is 87.7 cm³/mol. The Hall–Kier alpha value is -1.52. The second-order valence-corrected chi connectivity index (χ2v) is 6.35. The zero-order chi connectivity index (χ0) is 15.7. The molecule has 0 aliphatic heterocycles. The summed E-state index contributed by atoms with van der Waals surface area (Å²) in [6.45, 7) is 0. The van der Waals surface area contributed by atoms with Crippen molar-refractivity contribution in [2.75, 3.05) is 0 Å². The normalized spacial score (nSPS) is 15.9. The summed E-state index contributed by atoms with van der Waals surface area (Å²) >= 11 is 12.5. The maximum atomic E-state index is 12.4. The largest absolute Gasteiger partial charge is 0.493 e. The number of aromatic hydroxyl groups is 1. The van der Waals surface area contributed by atoms with E-state index in [1.165, 1.54) is 6.42 Å². The highest BCUT2D eigenvalue weighted by Crippen LogP contribution is 2.37. The van der Waals surface area contributed by atoms with Crippen LogP contribution in [0.2, 0.25) is 10.0 Å². The fraction of sp³-hybridized carbons (Fsp3) is 0.375. The molecular weight excluding hydrogens is 323 g/mol. The van der Waals surface area contributed by atoms with E-state index in [4.69, 9.17) is 23.2 Å². The minimum absolute atomic E-state index is 0.0664. The Labute approximate surface area is 138 Å². The van der Waals surface area contributed by atoms with Gasteiger partial charge in [0.15, 0.2) is 0 Å². The molecule has 1 aliphatic rings. The maximum absolute atomic E-state index is 12.4. The molecule has 0 bridgehead atoms. The van der Waals surface area contributed by atoms with Gasteiger partial charge in [0.05, 0.1) is 21.7 Å². The minimum Gasteiger partial charge on any atom is -0.493 e. The lowest BCUT2D eigenvalue weighted by Crippen LogP contribution is -2.28. The Balaban J connectivity index is 2.24. The number of rotatable bonds is 2. The molecule has 0 saturated heterocycles. The fourth-order valence-corrected chi connectivity index (χ4v) is 3.63. The van der Waals surface area contributed by atoms with Gasteiger partial charge in [-0.3, -0.25) is 9.36 Å². The number of benzene rings is 1. The molecule has 6 heteroatoms. The molecule has 2 aromatic rings. The van der Waals surface area contributed by atoms with Crippen LogP contribution in [0.25, 0.3) is 11.4 Å². The molecule has 1 N–H and O–H groups in total. The van der Waals surface area contributed by atoms with Crippen LogP contribution in [0.15, 0.2) is 29.1 Å². The third-order valence-electron chi connectivity index (χ3n) is 4.06. The van der Waals surface area contributed by atoms with Gasteiger partial charge in [-0.2, -0.15) is 4.98 Å². The minimum atomic E-state index is -0.317. The number of hydrogen-bond acceptors (Lipinski definition) is 3. The highest BCUT2D eigenvalue weighted by Gasteiger charge is 2.23. The maximum Gasteiger partial charge on any atom is 0.257 e. The Morgan fingerprint density at radius 1 is 1.14 bits per heavy atom. The Morgan fingerprint density at radius 3 is 2.41 bits per heavy atom. The molecule has 1 aromatic heterocycles. The Kier molecular flexibility index (Phi) is 4.41. The Morgan fingerprint density at radius 2 is 1.77 bits per heavy atom. The first-order valence-electron chi connectivity index (χ1n) is 7.35. The molecule has 4 nitrogen and oxygen atoms in total. The van der Waals surface area contributed by atoms with Gasteiger partial charge in [0, 0.05) is 6.04 Å². The standard InChI is InChI=1S/C16H16Cl2N2O2/c17-11-7-4-8-12(18)15(11)16-19-13(21)9-14(22)20(16)10-5-2-1-3-6-10/h4,7-10,21H,1-3,5-6H2. The smallest absolute Gasteiger partial charge is 0.257 e. The van der Waals surface area contributed by atoms with Gasteiger partial charge < -0.3 is 5.11 Å². The summed E-state index contributed by atoms with van der Waals surface area (Å²) in [4.78, 5) is 16.6. The van der Waals surface area contributed by atoms with E-state index in [0.717, 1.165) is 31.7 Å². The average molecular weight is 339 g/mol. The molecule has 3 rings (SSSR count). The van der Waals surface area contributed by atoms with Crippen molar-refractivity contribution >= 4 is 23.2 Å². The van der Waals surface area contributed by atoms with Gasteiger partial charge in [-0.15, -0.1) is 0 Å². The van der Waals surface area contributed by atoms with Crippen LogP contribution in [0.4, 0.5) is 0 Å². The van der Waals surface area contributed by atoms with Gasteiger partial charge in [-0.25, -0.2) is 0 Å². The van der Waals surface area contributed by atoms with Crippen molar-refractivity contribution in [3.8, 4) is 17.3 Å². The average Bonchev–Trinajstić information content (AvgIpc) is 2.47. The quantitative estimate of drug-likeness (QED) is 0.881. The van der Waals surface area contributed by atoms with E-state index < -0.39 is 0 Å². The van der Waals surface area contributed by atoms with E-state index in [2.05, 4.69) is 4.98 Å². The van der Waals surface area contributed by atoms with E-state index in [9.17, 15) is 9.90 Å². The molecule has 1 saturated carbocycles. The number of nitrogens with zero attached hydrogens (tertiary/aromatic N) is 2. The SMILES string of the molecule is O=c1cc(O)nc(-c2c(Cl)cccc2Cl)n1C1CCCCC1. The van der Waals surface area contributed by atoms with Gasteiger partial charge in [0.25, 0.3) is 5.56 Å². The van der Waals surface area contributed by atoms with Crippen molar-refractivity contribution < 1.29 is 5.11 Å². The molecule has 22 heavy (non-hydrogen) atoms. The van der Waals surface area contributed by atoms with Crippen molar-refractivity contribution in [1.29, 1.82) is 0 Å². The Bertz CT molecular complexity index is 732. The molecule has 0 spiro atoms. The fourth-order valence-electron chi connectivity index (χ4n) is 3.06. The number of aromatic nitrogens is 2. The second-order valence-electron chi connectivity index (χ2n) is 5.53. The molecular formula is C16H16Cl2N2O2. The predicted octanol–water partition coefficient (Wildman–Crippen LogP) is 4.43. The first-order chi connectivity index (χ1) is 10.6. The first-order valence-corrected chi connectivity index (χ1v) is 8.10. The van der Waals surface area contributed by atoms with Crippen LogP contribution < -0.4 is 5.56 Å². The topological polar surface area (TPSA) is 55.1 Å². The summed E-state index contributed by atoms with van der Waals surface area (Å²) in [7, 11) is 0. The molecule has 1 heterocycles.